The van der Waals surface area contributed by atoms with Gasteiger partial charge < -0.3 is 10.2 Å². The average molecular weight is 272 g/mol. The molecule has 1 rings (SSSR count). The molecule has 0 heterocycles. The number of benzene rings is 1. The fourth-order valence-corrected chi connectivity index (χ4v) is 2.62. The molecule has 1 aromatic carbocycles. The quantitative estimate of drug-likeness (QED) is 0.777. The minimum atomic E-state index is -3.17. The number of aliphatic hydroxyl groups excluding tert-OH is 2. The third-order valence-corrected chi connectivity index (χ3v) is 4.73. The highest BCUT2D eigenvalue weighted by molar-refractivity contribution is 7.91. The molecule has 18 heavy (non-hydrogen) atoms. The van der Waals surface area contributed by atoms with Gasteiger partial charge in [0.1, 0.15) is 0 Å². The molecule has 102 valence electrons. The van der Waals surface area contributed by atoms with E-state index in [1.54, 1.807) is 25.1 Å². The Morgan fingerprint density at radius 3 is 2.44 bits per heavy atom. The van der Waals surface area contributed by atoms with Gasteiger partial charge in [-0.2, -0.15) is 0 Å². The predicted molar refractivity (Wildman–Crippen MR) is 70.2 cm³/mol. The number of hydrogen-bond donors (Lipinski definition) is 2. The molecule has 0 aliphatic rings. The van der Waals surface area contributed by atoms with Crippen LogP contribution in [0.5, 0.6) is 0 Å². The van der Waals surface area contributed by atoms with Gasteiger partial charge >= 0.3 is 0 Å². The Morgan fingerprint density at radius 2 is 1.89 bits per heavy atom. The highest BCUT2D eigenvalue weighted by Crippen LogP contribution is 2.16. The van der Waals surface area contributed by atoms with E-state index in [1.807, 2.05) is 6.07 Å². The molecule has 4 nitrogen and oxygen atoms in total. The molecule has 0 bridgehead atoms. The van der Waals surface area contributed by atoms with Crippen molar-refractivity contribution in [3.63, 3.8) is 0 Å². The SMILES string of the molecule is CCS(=O)(=O)c1cccc(CCC(CO)CO)c1. The third-order valence-electron chi connectivity index (χ3n) is 3.00. The lowest BCUT2D eigenvalue weighted by Gasteiger charge is -2.11. The molecule has 0 saturated carbocycles. The van der Waals surface area contributed by atoms with Crippen LogP contribution in [0.1, 0.15) is 18.9 Å². The van der Waals surface area contributed by atoms with Gasteiger partial charge in [0.05, 0.1) is 10.6 Å². The summed E-state index contributed by atoms with van der Waals surface area (Å²) in [6.45, 7) is 1.52. The summed E-state index contributed by atoms with van der Waals surface area (Å²) in [6.07, 6.45) is 1.29. The summed E-state index contributed by atoms with van der Waals surface area (Å²) in [5, 5.41) is 17.9. The van der Waals surface area contributed by atoms with E-state index in [4.69, 9.17) is 10.2 Å². The standard InChI is InChI=1S/C13H20O4S/c1-2-18(16,17)13-5-3-4-11(8-13)6-7-12(9-14)10-15/h3-5,8,12,14-15H,2,6-7,9-10H2,1H3. The Hall–Kier alpha value is -0.910. The summed E-state index contributed by atoms with van der Waals surface area (Å²) < 4.78 is 23.4. The van der Waals surface area contributed by atoms with Crippen LogP contribution < -0.4 is 0 Å². The van der Waals surface area contributed by atoms with E-state index in [-0.39, 0.29) is 24.9 Å². The van der Waals surface area contributed by atoms with Crippen LogP contribution in [-0.4, -0.2) is 37.6 Å². The Morgan fingerprint density at radius 1 is 1.22 bits per heavy atom. The van der Waals surface area contributed by atoms with Crippen molar-refractivity contribution in [1.82, 2.24) is 0 Å². The Balaban J connectivity index is 2.77. The molecule has 0 aliphatic heterocycles. The maximum Gasteiger partial charge on any atom is 0.178 e. The summed E-state index contributed by atoms with van der Waals surface area (Å²) in [4.78, 5) is 0.340. The van der Waals surface area contributed by atoms with Crippen LogP contribution in [-0.2, 0) is 16.3 Å². The molecular weight excluding hydrogens is 252 g/mol. The first kappa shape index (κ1) is 15.1. The molecule has 5 heteroatoms. The van der Waals surface area contributed by atoms with E-state index in [1.165, 1.54) is 0 Å². The zero-order chi connectivity index (χ0) is 13.6. The minimum absolute atomic E-state index is 0.0521. The molecule has 0 spiro atoms. The third kappa shape index (κ3) is 4.08. The molecule has 0 atom stereocenters. The minimum Gasteiger partial charge on any atom is -0.396 e. The zero-order valence-corrected chi connectivity index (χ0v) is 11.4. The van der Waals surface area contributed by atoms with Crippen LogP contribution in [0.3, 0.4) is 0 Å². The highest BCUT2D eigenvalue weighted by Gasteiger charge is 2.12. The summed E-state index contributed by atoms with van der Waals surface area (Å²) in [7, 11) is -3.17. The van der Waals surface area contributed by atoms with Crippen LogP contribution in [0.25, 0.3) is 0 Å². The monoisotopic (exact) mass is 272 g/mol. The van der Waals surface area contributed by atoms with Crippen LogP contribution in [0.4, 0.5) is 0 Å². The predicted octanol–water partition coefficient (Wildman–Crippen LogP) is 1.01. The van der Waals surface area contributed by atoms with Crippen molar-refractivity contribution >= 4 is 9.84 Å². The van der Waals surface area contributed by atoms with Gasteiger partial charge in [-0.3, -0.25) is 0 Å². The smallest absolute Gasteiger partial charge is 0.178 e. The maximum absolute atomic E-state index is 11.7. The van der Waals surface area contributed by atoms with Crippen molar-refractivity contribution in [2.45, 2.75) is 24.7 Å². The molecule has 0 amide bonds. The van der Waals surface area contributed by atoms with Gasteiger partial charge in [-0.05, 0) is 30.5 Å². The van der Waals surface area contributed by atoms with Crippen molar-refractivity contribution in [3.8, 4) is 0 Å². The number of sulfone groups is 1. The fraction of sp³-hybridized carbons (Fsp3) is 0.538. The van der Waals surface area contributed by atoms with Crippen molar-refractivity contribution in [2.24, 2.45) is 5.92 Å². The fourth-order valence-electron chi connectivity index (χ4n) is 1.67. The average Bonchev–Trinajstić information content (AvgIpc) is 2.40. The molecule has 1 aromatic rings. The second kappa shape index (κ2) is 6.87. The molecule has 0 aliphatic carbocycles. The lowest BCUT2D eigenvalue weighted by molar-refractivity contribution is 0.144. The molecular formula is C13H20O4S. The Labute approximate surface area is 108 Å². The lowest BCUT2D eigenvalue weighted by atomic mass is 10.0. The first-order chi connectivity index (χ1) is 8.53. The highest BCUT2D eigenvalue weighted by atomic mass is 32.2. The Kier molecular flexibility index (Phi) is 5.78. The molecule has 0 saturated heterocycles. The first-order valence-corrected chi connectivity index (χ1v) is 7.72. The topological polar surface area (TPSA) is 74.6 Å². The summed E-state index contributed by atoms with van der Waals surface area (Å²) in [6, 6.07) is 6.85. The van der Waals surface area contributed by atoms with E-state index in [9.17, 15) is 8.42 Å². The lowest BCUT2D eigenvalue weighted by Crippen LogP contribution is -2.12. The van der Waals surface area contributed by atoms with Gasteiger partial charge in [-0.15, -0.1) is 0 Å². The van der Waals surface area contributed by atoms with Gasteiger partial charge in [-0.1, -0.05) is 19.1 Å². The van der Waals surface area contributed by atoms with Crippen molar-refractivity contribution in [3.05, 3.63) is 29.8 Å². The normalized spacial score (nSPS) is 12.0. The molecule has 2 N–H and O–H groups in total. The maximum atomic E-state index is 11.7. The van der Waals surface area contributed by atoms with Gasteiger partial charge in [0, 0.05) is 19.1 Å². The largest absolute Gasteiger partial charge is 0.396 e. The van der Waals surface area contributed by atoms with Gasteiger partial charge in [0.25, 0.3) is 0 Å². The van der Waals surface area contributed by atoms with Crippen LogP contribution >= 0.6 is 0 Å². The van der Waals surface area contributed by atoms with E-state index in [2.05, 4.69) is 0 Å². The Bertz CT molecular complexity index is 464. The molecule has 0 fully saturated rings. The van der Waals surface area contributed by atoms with Crippen LogP contribution in [0.2, 0.25) is 0 Å². The van der Waals surface area contributed by atoms with E-state index >= 15 is 0 Å². The van der Waals surface area contributed by atoms with Gasteiger partial charge in [0.15, 0.2) is 9.84 Å². The van der Waals surface area contributed by atoms with Crippen molar-refractivity contribution in [1.29, 1.82) is 0 Å². The first-order valence-electron chi connectivity index (χ1n) is 6.07. The van der Waals surface area contributed by atoms with E-state index in [0.29, 0.717) is 17.7 Å². The zero-order valence-electron chi connectivity index (χ0n) is 10.5. The summed E-state index contributed by atoms with van der Waals surface area (Å²) in [5.41, 5.74) is 0.913. The number of rotatable bonds is 7. The second-order valence-electron chi connectivity index (χ2n) is 4.32. The van der Waals surface area contributed by atoms with Crippen LogP contribution in [0.15, 0.2) is 29.2 Å². The van der Waals surface area contributed by atoms with Crippen molar-refractivity contribution in [2.75, 3.05) is 19.0 Å². The van der Waals surface area contributed by atoms with E-state index in [0.717, 1.165) is 5.56 Å². The summed E-state index contributed by atoms with van der Waals surface area (Å²) >= 11 is 0. The van der Waals surface area contributed by atoms with Crippen LogP contribution in [0, 0.1) is 5.92 Å². The van der Waals surface area contributed by atoms with Gasteiger partial charge in [-0.25, -0.2) is 8.42 Å². The van der Waals surface area contributed by atoms with E-state index < -0.39 is 9.84 Å². The van der Waals surface area contributed by atoms with Crippen molar-refractivity contribution < 1.29 is 18.6 Å². The number of aryl methyl sites for hydroxylation is 1. The molecule has 0 unspecified atom stereocenters. The molecule has 0 aromatic heterocycles. The number of aliphatic hydroxyl groups is 2. The summed E-state index contributed by atoms with van der Waals surface area (Å²) in [5.74, 6) is -0.0525. The number of hydrogen-bond acceptors (Lipinski definition) is 4. The second-order valence-corrected chi connectivity index (χ2v) is 6.60. The van der Waals surface area contributed by atoms with Gasteiger partial charge in [0.2, 0.25) is 0 Å². The molecule has 0 radical (unpaired) electrons.